The van der Waals surface area contributed by atoms with Crippen LogP contribution >= 0.6 is 0 Å². The highest BCUT2D eigenvalue weighted by Gasteiger charge is 2.68. The lowest BCUT2D eigenvalue weighted by Gasteiger charge is -2.65. The van der Waals surface area contributed by atoms with Crippen LogP contribution in [0.15, 0.2) is 11.6 Å². The summed E-state index contributed by atoms with van der Waals surface area (Å²) in [5.74, 6) is 5.34. The predicted octanol–water partition coefficient (Wildman–Crippen LogP) is 9.75. The molecule has 1 unspecified atom stereocenters. The number of rotatable bonds is 5. The maximum Gasteiger partial charge on any atom is 0.162 e. The SMILES string of the molecule is CC(C)[C@@H](C)C[C@@H](C)C(C)(C)[C@H]1CC[C@@]2(C)C3=CC(=O)[C@]4(C)C[C@@H](C)[C@@H](C)C[C@]4(C)C3CC[C@]12C. The Hall–Kier alpha value is -0.590. The monoisotopic (exact) mass is 482 g/mol. The summed E-state index contributed by atoms with van der Waals surface area (Å²) in [6, 6.07) is 0. The fourth-order valence-corrected chi connectivity index (χ4v) is 10.3. The number of carbonyl (C=O) groups is 1. The molecular weight excluding hydrogens is 424 g/mol. The first-order valence-electron chi connectivity index (χ1n) is 15.2. The van der Waals surface area contributed by atoms with Gasteiger partial charge in [-0.1, -0.05) is 88.7 Å². The van der Waals surface area contributed by atoms with Gasteiger partial charge in [-0.15, -0.1) is 0 Å². The minimum absolute atomic E-state index is 0.109. The van der Waals surface area contributed by atoms with E-state index in [0.29, 0.717) is 34.9 Å². The molecule has 0 spiro atoms. The molecule has 4 aliphatic rings. The number of allylic oxidation sites excluding steroid dienone is 2. The molecular formula is C34H58O. The summed E-state index contributed by atoms with van der Waals surface area (Å²) >= 11 is 0. The van der Waals surface area contributed by atoms with Gasteiger partial charge in [-0.3, -0.25) is 4.79 Å². The molecule has 0 heterocycles. The molecule has 200 valence electrons. The first kappa shape index (κ1) is 27.4. The van der Waals surface area contributed by atoms with E-state index in [0.717, 1.165) is 24.2 Å². The number of carbonyl (C=O) groups excluding carboxylic acids is 1. The Balaban J connectivity index is 1.71. The van der Waals surface area contributed by atoms with Crippen LogP contribution in [0.3, 0.4) is 0 Å². The lowest BCUT2D eigenvalue weighted by atomic mass is 9.38. The van der Waals surface area contributed by atoms with Gasteiger partial charge >= 0.3 is 0 Å². The summed E-state index contributed by atoms with van der Waals surface area (Å²) in [4.78, 5) is 14.0. The van der Waals surface area contributed by atoms with Crippen LogP contribution in [0, 0.1) is 68.5 Å². The van der Waals surface area contributed by atoms with E-state index >= 15 is 0 Å². The molecule has 35 heavy (non-hydrogen) atoms. The molecule has 0 bridgehead atoms. The lowest BCUT2D eigenvalue weighted by molar-refractivity contribution is -0.152. The number of fused-ring (bicyclic) bond motifs is 5. The topological polar surface area (TPSA) is 17.1 Å². The summed E-state index contributed by atoms with van der Waals surface area (Å²) in [5.41, 5.74) is 2.25. The van der Waals surface area contributed by atoms with E-state index < -0.39 is 0 Å². The first-order chi connectivity index (χ1) is 16.0. The molecule has 0 aromatic rings. The predicted molar refractivity (Wildman–Crippen MR) is 150 cm³/mol. The maximum absolute atomic E-state index is 14.0. The van der Waals surface area contributed by atoms with Crippen LogP contribution in [0.2, 0.25) is 0 Å². The molecule has 0 aromatic heterocycles. The molecule has 4 aliphatic carbocycles. The molecule has 0 saturated heterocycles. The largest absolute Gasteiger partial charge is 0.294 e. The molecule has 0 radical (unpaired) electrons. The molecule has 0 aromatic carbocycles. The zero-order valence-corrected chi connectivity index (χ0v) is 25.5. The van der Waals surface area contributed by atoms with E-state index in [1.54, 1.807) is 5.57 Å². The minimum Gasteiger partial charge on any atom is -0.294 e. The van der Waals surface area contributed by atoms with E-state index in [4.69, 9.17) is 0 Å². The van der Waals surface area contributed by atoms with E-state index in [2.05, 4.69) is 89.2 Å². The van der Waals surface area contributed by atoms with Crippen LogP contribution in [0.25, 0.3) is 0 Å². The van der Waals surface area contributed by atoms with E-state index in [1.165, 1.54) is 38.5 Å². The second-order valence-electron chi connectivity index (χ2n) is 16.2. The quantitative estimate of drug-likeness (QED) is 0.381. The second-order valence-corrected chi connectivity index (χ2v) is 16.2. The van der Waals surface area contributed by atoms with E-state index in [9.17, 15) is 4.79 Å². The van der Waals surface area contributed by atoms with E-state index in [1.807, 2.05) is 0 Å². The smallest absolute Gasteiger partial charge is 0.162 e. The fourth-order valence-electron chi connectivity index (χ4n) is 10.3. The van der Waals surface area contributed by atoms with Gasteiger partial charge in [0, 0.05) is 5.41 Å². The minimum atomic E-state index is -0.185. The molecule has 3 fully saturated rings. The number of hydrogen-bond acceptors (Lipinski definition) is 1. The third kappa shape index (κ3) is 3.62. The average Bonchev–Trinajstić information content (AvgIpc) is 3.03. The lowest BCUT2D eigenvalue weighted by Crippen LogP contribution is -2.60. The van der Waals surface area contributed by atoms with Crippen LogP contribution in [-0.2, 0) is 4.79 Å². The molecule has 3 saturated carbocycles. The molecule has 0 aliphatic heterocycles. The summed E-state index contributed by atoms with van der Waals surface area (Å²) in [5, 5.41) is 0. The highest BCUT2D eigenvalue weighted by atomic mass is 16.1. The molecule has 0 N–H and O–H groups in total. The Morgan fingerprint density at radius 1 is 0.886 bits per heavy atom. The third-order valence-corrected chi connectivity index (χ3v) is 14.3. The van der Waals surface area contributed by atoms with Crippen LogP contribution in [-0.4, -0.2) is 5.78 Å². The van der Waals surface area contributed by atoms with Gasteiger partial charge in [-0.25, -0.2) is 0 Å². The zero-order valence-electron chi connectivity index (χ0n) is 25.5. The van der Waals surface area contributed by atoms with Crippen molar-refractivity contribution in [2.24, 2.45) is 68.5 Å². The fraction of sp³-hybridized carbons (Fsp3) is 0.912. The van der Waals surface area contributed by atoms with Crippen molar-refractivity contribution >= 4 is 5.78 Å². The normalized spacial score (nSPS) is 47.6. The van der Waals surface area contributed by atoms with Crippen LogP contribution in [0.1, 0.15) is 128 Å². The van der Waals surface area contributed by atoms with Gasteiger partial charge in [-0.05, 0) is 114 Å². The summed E-state index contributed by atoms with van der Waals surface area (Å²) in [6.07, 6.45) is 11.0. The highest BCUT2D eigenvalue weighted by molar-refractivity contribution is 5.97. The Bertz CT molecular complexity index is 879. The molecule has 1 nitrogen and oxygen atoms in total. The van der Waals surface area contributed by atoms with Crippen LogP contribution < -0.4 is 0 Å². The molecule has 4 rings (SSSR count). The highest BCUT2D eigenvalue weighted by Crippen LogP contribution is 2.75. The van der Waals surface area contributed by atoms with E-state index in [-0.39, 0.29) is 21.7 Å². The van der Waals surface area contributed by atoms with Crippen molar-refractivity contribution in [1.29, 1.82) is 0 Å². The average molecular weight is 483 g/mol. The van der Waals surface area contributed by atoms with Crippen molar-refractivity contribution in [3.63, 3.8) is 0 Å². The summed E-state index contributed by atoms with van der Waals surface area (Å²) < 4.78 is 0. The van der Waals surface area contributed by atoms with Gasteiger partial charge in [0.1, 0.15) is 0 Å². The van der Waals surface area contributed by atoms with Crippen molar-refractivity contribution < 1.29 is 4.79 Å². The number of hydrogen-bond donors (Lipinski definition) is 0. The maximum atomic E-state index is 14.0. The zero-order chi connectivity index (χ0) is 26.4. The van der Waals surface area contributed by atoms with Crippen LogP contribution in [0.5, 0.6) is 0 Å². The van der Waals surface area contributed by atoms with Crippen LogP contribution in [0.4, 0.5) is 0 Å². The summed E-state index contributed by atoms with van der Waals surface area (Å²) in [7, 11) is 0. The van der Waals surface area contributed by atoms with Crippen molar-refractivity contribution in [2.45, 2.75) is 128 Å². The van der Waals surface area contributed by atoms with Gasteiger partial charge in [0.15, 0.2) is 5.78 Å². The van der Waals surface area contributed by atoms with Gasteiger partial charge in [0.2, 0.25) is 0 Å². The van der Waals surface area contributed by atoms with Crippen molar-refractivity contribution in [3.05, 3.63) is 11.6 Å². The Morgan fingerprint density at radius 2 is 1.49 bits per heavy atom. The molecule has 1 heteroatoms. The molecule has 10 atom stereocenters. The van der Waals surface area contributed by atoms with Crippen molar-refractivity contribution in [2.75, 3.05) is 0 Å². The Labute approximate surface area is 218 Å². The van der Waals surface area contributed by atoms with Crippen molar-refractivity contribution in [1.82, 2.24) is 0 Å². The molecule has 0 amide bonds. The van der Waals surface area contributed by atoms with Gasteiger partial charge in [-0.2, -0.15) is 0 Å². The first-order valence-corrected chi connectivity index (χ1v) is 15.2. The standard InChI is InChI=1S/C34H58O/c1-21(2)22(3)17-25(6)30(7,8)28-14-16-31(9)27-18-29(35)34(12)20-24(5)23(4)19-33(34,11)26(27)13-15-32(28,31)10/h18,21-26,28H,13-17,19-20H2,1-12H3/t22-,23-,24+,25+,26?,28+,31-,32+,33+,34-/m0/s1. The third-order valence-electron chi connectivity index (χ3n) is 14.3. The Kier molecular flexibility index (Phi) is 6.63. The number of ketones is 1. The van der Waals surface area contributed by atoms with Gasteiger partial charge in [0.05, 0.1) is 0 Å². The van der Waals surface area contributed by atoms with Gasteiger partial charge in [0.25, 0.3) is 0 Å². The van der Waals surface area contributed by atoms with Crippen molar-refractivity contribution in [3.8, 4) is 0 Å². The Morgan fingerprint density at radius 3 is 2.09 bits per heavy atom. The van der Waals surface area contributed by atoms with Gasteiger partial charge < -0.3 is 0 Å². The second kappa shape index (κ2) is 8.46. The summed E-state index contributed by atoms with van der Waals surface area (Å²) in [6.45, 7) is 29.8.